The van der Waals surface area contributed by atoms with E-state index in [9.17, 15) is 8.42 Å². The summed E-state index contributed by atoms with van der Waals surface area (Å²) in [6.45, 7) is 0.312. The summed E-state index contributed by atoms with van der Waals surface area (Å²) in [5.41, 5.74) is 6.07. The third-order valence-corrected chi connectivity index (χ3v) is 5.28. The second-order valence-electron chi connectivity index (χ2n) is 4.16. The van der Waals surface area contributed by atoms with E-state index in [2.05, 4.69) is 15.3 Å². The molecule has 0 saturated carbocycles. The van der Waals surface area contributed by atoms with Gasteiger partial charge in [0, 0.05) is 6.54 Å². The lowest BCUT2D eigenvalue weighted by molar-refractivity contribution is 0.399. The van der Waals surface area contributed by atoms with Crippen LogP contribution >= 0.6 is 0 Å². The first-order valence-corrected chi connectivity index (χ1v) is 7.36. The quantitative estimate of drug-likeness (QED) is 0.797. The monoisotopic (exact) mass is 272 g/mol. The van der Waals surface area contributed by atoms with E-state index < -0.39 is 9.84 Å². The van der Waals surface area contributed by atoms with Crippen molar-refractivity contribution in [2.75, 3.05) is 30.5 Å². The second-order valence-corrected chi connectivity index (χ2v) is 6.56. The van der Waals surface area contributed by atoms with Gasteiger partial charge in [-0.3, -0.25) is 0 Å². The van der Waals surface area contributed by atoms with Gasteiger partial charge in [0.1, 0.15) is 12.0 Å². The van der Waals surface area contributed by atoms with Crippen LogP contribution in [0.25, 0.3) is 0 Å². The molecule has 0 bridgehead atoms. The summed E-state index contributed by atoms with van der Waals surface area (Å²) in [6.07, 6.45) is 2.72. The summed E-state index contributed by atoms with van der Waals surface area (Å²) >= 11 is 0. The molecule has 1 fully saturated rings. The number of nitrogens with two attached hydrogens (primary N) is 1. The Morgan fingerprint density at radius 1 is 1.56 bits per heavy atom. The van der Waals surface area contributed by atoms with Crippen LogP contribution in [-0.2, 0) is 9.84 Å². The molecule has 0 radical (unpaired) electrons. The number of hydrogen-bond donors (Lipinski definition) is 2. The Bertz CT molecular complexity index is 532. The minimum atomic E-state index is -2.96. The molecular weight excluding hydrogens is 256 g/mol. The normalized spacial score (nSPS) is 21.7. The molecule has 18 heavy (non-hydrogen) atoms. The summed E-state index contributed by atoms with van der Waals surface area (Å²) in [6, 6.07) is 0. The van der Waals surface area contributed by atoms with Crippen LogP contribution in [0.4, 0.5) is 11.5 Å². The number of aromatic nitrogens is 2. The Morgan fingerprint density at radius 3 is 2.94 bits per heavy atom. The zero-order valence-electron chi connectivity index (χ0n) is 10.1. The molecule has 7 nitrogen and oxygen atoms in total. The third-order valence-electron chi connectivity index (χ3n) is 3.00. The molecule has 1 saturated heterocycles. The third kappa shape index (κ3) is 2.47. The lowest BCUT2D eigenvalue weighted by Crippen LogP contribution is -2.25. The molecule has 2 heterocycles. The Labute approximate surface area is 106 Å². The topological polar surface area (TPSA) is 107 Å². The highest BCUT2D eigenvalue weighted by molar-refractivity contribution is 7.92. The maximum atomic E-state index is 11.7. The number of rotatable bonds is 4. The van der Waals surface area contributed by atoms with Crippen LogP contribution < -0.4 is 15.8 Å². The van der Waals surface area contributed by atoms with Crippen molar-refractivity contribution in [2.24, 2.45) is 0 Å². The van der Waals surface area contributed by atoms with E-state index in [4.69, 9.17) is 10.5 Å². The average molecular weight is 272 g/mol. The molecule has 0 amide bonds. The summed E-state index contributed by atoms with van der Waals surface area (Å²) in [5.74, 6) is 0.952. The summed E-state index contributed by atoms with van der Waals surface area (Å²) in [4.78, 5) is 7.82. The van der Waals surface area contributed by atoms with Gasteiger partial charge >= 0.3 is 0 Å². The van der Waals surface area contributed by atoms with Gasteiger partial charge < -0.3 is 15.8 Å². The molecule has 100 valence electrons. The Kier molecular flexibility index (Phi) is 3.55. The summed E-state index contributed by atoms with van der Waals surface area (Å²) in [7, 11) is -1.50. The van der Waals surface area contributed by atoms with Crippen molar-refractivity contribution in [2.45, 2.75) is 18.1 Å². The van der Waals surface area contributed by atoms with Crippen molar-refractivity contribution < 1.29 is 13.2 Å². The molecule has 8 heteroatoms. The summed E-state index contributed by atoms with van der Waals surface area (Å²) in [5, 5.41) is 2.59. The van der Waals surface area contributed by atoms with Crippen LogP contribution in [-0.4, -0.2) is 43.0 Å². The Hall–Kier alpha value is -1.57. The molecule has 1 unspecified atom stereocenters. The smallest absolute Gasteiger partial charge is 0.242 e. The molecule has 0 aliphatic carbocycles. The van der Waals surface area contributed by atoms with Gasteiger partial charge in [0.25, 0.3) is 0 Å². The zero-order chi connectivity index (χ0) is 13.2. The predicted molar refractivity (Wildman–Crippen MR) is 68.3 cm³/mol. The van der Waals surface area contributed by atoms with Gasteiger partial charge in [0.05, 0.1) is 18.1 Å². The van der Waals surface area contributed by atoms with Gasteiger partial charge in [-0.15, -0.1) is 0 Å². The van der Waals surface area contributed by atoms with E-state index in [1.807, 2.05) is 0 Å². The highest BCUT2D eigenvalue weighted by Gasteiger charge is 2.31. The second kappa shape index (κ2) is 4.97. The van der Waals surface area contributed by atoms with E-state index in [-0.39, 0.29) is 22.6 Å². The molecule has 1 aliphatic heterocycles. The molecule has 1 aromatic rings. The molecule has 1 aliphatic rings. The molecule has 0 aromatic carbocycles. The fourth-order valence-electron chi connectivity index (χ4n) is 1.98. The average Bonchev–Trinajstić information content (AvgIpc) is 2.67. The van der Waals surface area contributed by atoms with Gasteiger partial charge in [-0.05, 0) is 12.8 Å². The fraction of sp³-hybridized carbons (Fsp3) is 0.600. The van der Waals surface area contributed by atoms with Crippen molar-refractivity contribution in [1.29, 1.82) is 0 Å². The molecule has 1 atom stereocenters. The van der Waals surface area contributed by atoms with E-state index in [0.717, 1.165) is 6.42 Å². The maximum absolute atomic E-state index is 11.7. The first-order valence-electron chi connectivity index (χ1n) is 5.64. The zero-order valence-corrected chi connectivity index (χ0v) is 10.9. The van der Waals surface area contributed by atoms with Gasteiger partial charge in [-0.1, -0.05) is 0 Å². The molecule has 1 aromatic heterocycles. The minimum absolute atomic E-state index is 0.266. The van der Waals surface area contributed by atoms with Crippen molar-refractivity contribution in [3.63, 3.8) is 0 Å². The molecule has 3 N–H and O–H groups in total. The lowest BCUT2D eigenvalue weighted by atomic mass is 10.2. The lowest BCUT2D eigenvalue weighted by Gasteiger charge is -2.13. The van der Waals surface area contributed by atoms with E-state index in [1.54, 1.807) is 0 Å². The number of nitrogen functional groups attached to an aromatic ring is 1. The first-order chi connectivity index (χ1) is 8.54. The van der Waals surface area contributed by atoms with Crippen LogP contribution in [0.3, 0.4) is 0 Å². The highest BCUT2D eigenvalue weighted by Crippen LogP contribution is 2.25. The number of hydrogen-bond acceptors (Lipinski definition) is 7. The standard InChI is InChI=1S/C10H16N4O3S/c1-17-10-8(11)9(13-6-14-10)12-5-7-3-2-4-18(7,15)16/h6-7H,2-5,11H2,1H3,(H,12,13,14). The van der Waals surface area contributed by atoms with Crippen molar-refractivity contribution in [3.8, 4) is 5.88 Å². The number of nitrogens with one attached hydrogen (secondary N) is 1. The number of methoxy groups -OCH3 is 1. The molecular formula is C10H16N4O3S. The summed E-state index contributed by atoms with van der Waals surface area (Å²) < 4.78 is 28.3. The first kappa shape index (κ1) is 12.9. The predicted octanol–water partition coefficient (Wildman–Crippen LogP) is 0.0565. The van der Waals surface area contributed by atoms with E-state index in [1.165, 1.54) is 13.4 Å². The molecule has 0 spiro atoms. The van der Waals surface area contributed by atoms with E-state index in [0.29, 0.717) is 18.8 Å². The van der Waals surface area contributed by atoms with Crippen LogP contribution in [0.2, 0.25) is 0 Å². The highest BCUT2D eigenvalue weighted by atomic mass is 32.2. The van der Waals surface area contributed by atoms with Crippen LogP contribution in [0, 0.1) is 0 Å². The SMILES string of the molecule is COc1ncnc(NCC2CCCS2(=O)=O)c1N. The Balaban J connectivity index is 2.07. The van der Waals surface area contributed by atoms with E-state index >= 15 is 0 Å². The number of sulfone groups is 1. The number of nitrogens with zero attached hydrogens (tertiary/aromatic N) is 2. The largest absolute Gasteiger partial charge is 0.479 e. The maximum Gasteiger partial charge on any atom is 0.242 e. The van der Waals surface area contributed by atoms with Crippen LogP contribution in [0.1, 0.15) is 12.8 Å². The van der Waals surface area contributed by atoms with Crippen molar-refractivity contribution >= 4 is 21.3 Å². The van der Waals surface area contributed by atoms with Gasteiger partial charge in [0.2, 0.25) is 5.88 Å². The van der Waals surface area contributed by atoms with Gasteiger partial charge in [-0.2, -0.15) is 4.98 Å². The van der Waals surface area contributed by atoms with Crippen LogP contribution in [0.15, 0.2) is 6.33 Å². The van der Waals surface area contributed by atoms with Gasteiger partial charge in [-0.25, -0.2) is 13.4 Å². The Morgan fingerprint density at radius 2 is 2.33 bits per heavy atom. The van der Waals surface area contributed by atoms with Crippen molar-refractivity contribution in [3.05, 3.63) is 6.33 Å². The number of ether oxygens (including phenoxy) is 1. The minimum Gasteiger partial charge on any atom is -0.479 e. The number of anilines is 2. The molecule has 2 rings (SSSR count). The van der Waals surface area contributed by atoms with Crippen molar-refractivity contribution in [1.82, 2.24) is 9.97 Å². The fourth-order valence-corrected chi connectivity index (χ4v) is 3.75. The van der Waals surface area contributed by atoms with Gasteiger partial charge in [0.15, 0.2) is 15.7 Å². The van der Waals surface area contributed by atoms with Crippen LogP contribution in [0.5, 0.6) is 5.88 Å².